The highest BCUT2D eigenvalue weighted by atomic mass is 32.2. The SMILES string of the molecule is Cc1c(S(C)(=O)=O)ccc2c1OCO2. The normalized spacial score (nSPS) is 14.4. The molecule has 14 heavy (non-hydrogen) atoms. The predicted octanol–water partition coefficient (Wildman–Crippen LogP) is 1.13. The summed E-state index contributed by atoms with van der Waals surface area (Å²) in [6.45, 7) is 1.87. The second kappa shape index (κ2) is 2.88. The molecule has 1 aromatic carbocycles. The Balaban J connectivity index is 2.68. The zero-order valence-electron chi connectivity index (χ0n) is 7.90. The average Bonchev–Trinajstić information content (AvgIpc) is 2.50. The Morgan fingerprint density at radius 1 is 1.29 bits per heavy atom. The average molecular weight is 214 g/mol. The lowest BCUT2D eigenvalue weighted by molar-refractivity contribution is 0.173. The van der Waals surface area contributed by atoms with E-state index in [0.717, 1.165) is 0 Å². The summed E-state index contributed by atoms with van der Waals surface area (Å²) in [6.07, 6.45) is 1.18. The van der Waals surface area contributed by atoms with Crippen LogP contribution in [0.25, 0.3) is 0 Å². The zero-order chi connectivity index (χ0) is 10.3. The summed E-state index contributed by atoms with van der Waals surface area (Å²) in [5, 5.41) is 0. The van der Waals surface area contributed by atoms with Crippen molar-refractivity contribution < 1.29 is 17.9 Å². The van der Waals surface area contributed by atoms with Gasteiger partial charge in [0.2, 0.25) is 6.79 Å². The molecule has 1 aliphatic rings. The van der Waals surface area contributed by atoms with E-state index in [4.69, 9.17) is 9.47 Å². The molecule has 0 amide bonds. The van der Waals surface area contributed by atoms with E-state index < -0.39 is 9.84 Å². The van der Waals surface area contributed by atoms with Crippen LogP contribution in [0.15, 0.2) is 17.0 Å². The van der Waals surface area contributed by atoms with Crippen molar-refractivity contribution in [1.29, 1.82) is 0 Å². The van der Waals surface area contributed by atoms with E-state index in [0.29, 0.717) is 22.0 Å². The minimum Gasteiger partial charge on any atom is -0.454 e. The summed E-state index contributed by atoms with van der Waals surface area (Å²) in [4.78, 5) is 0.293. The Morgan fingerprint density at radius 2 is 2.00 bits per heavy atom. The van der Waals surface area contributed by atoms with Gasteiger partial charge in [0.25, 0.3) is 0 Å². The van der Waals surface area contributed by atoms with Crippen molar-refractivity contribution in [2.75, 3.05) is 13.0 Å². The fourth-order valence-electron chi connectivity index (χ4n) is 1.50. The third-order valence-electron chi connectivity index (χ3n) is 2.14. The Labute approximate surface area is 82.4 Å². The minimum absolute atomic E-state index is 0.156. The molecule has 0 aliphatic carbocycles. The topological polar surface area (TPSA) is 52.6 Å². The van der Waals surface area contributed by atoms with Crippen LogP contribution >= 0.6 is 0 Å². The van der Waals surface area contributed by atoms with Gasteiger partial charge < -0.3 is 9.47 Å². The molecule has 0 atom stereocenters. The molecule has 1 aliphatic heterocycles. The standard InChI is InChI=1S/C9H10O4S/c1-6-8(14(2,10)11)4-3-7-9(6)13-5-12-7/h3-4H,5H2,1-2H3. The van der Waals surface area contributed by atoms with Crippen molar-refractivity contribution in [3.05, 3.63) is 17.7 Å². The van der Waals surface area contributed by atoms with Crippen LogP contribution in [0.2, 0.25) is 0 Å². The monoisotopic (exact) mass is 214 g/mol. The van der Waals surface area contributed by atoms with Crippen LogP contribution < -0.4 is 9.47 Å². The molecule has 0 saturated heterocycles. The summed E-state index contributed by atoms with van der Waals surface area (Å²) < 4.78 is 33.0. The molecule has 0 radical (unpaired) electrons. The molecule has 0 unspecified atom stereocenters. The molecular formula is C9H10O4S. The molecular weight excluding hydrogens is 204 g/mol. The van der Waals surface area contributed by atoms with E-state index in [-0.39, 0.29) is 6.79 Å². The third-order valence-corrected chi connectivity index (χ3v) is 3.38. The van der Waals surface area contributed by atoms with Crippen molar-refractivity contribution >= 4 is 9.84 Å². The molecule has 76 valence electrons. The Kier molecular flexibility index (Phi) is 1.92. The van der Waals surface area contributed by atoms with Crippen molar-refractivity contribution in [2.24, 2.45) is 0 Å². The highest BCUT2D eigenvalue weighted by Crippen LogP contribution is 2.38. The molecule has 0 bridgehead atoms. The maximum Gasteiger partial charge on any atom is 0.231 e. The lowest BCUT2D eigenvalue weighted by atomic mass is 10.2. The van der Waals surface area contributed by atoms with Gasteiger partial charge in [-0.3, -0.25) is 0 Å². The van der Waals surface area contributed by atoms with Crippen LogP contribution in [-0.4, -0.2) is 21.5 Å². The smallest absolute Gasteiger partial charge is 0.231 e. The highest BCUT2D eigenvalue weighted by molar-refractivity contribution is 7.90. The van der Waals surface area contributed by atoms with Gasteiger partial charge in [0.15, 0.2) is 21.3 Å². The number of rotatable bonds is 1. The largest absolute Gasteiger partial charge is 0.454 e. The number of benzene rings is 1. The van der Waals surface area contributed by atoms with Gasteiger partial charge in [0.05, 0.1) is 4.90 Å². The fraction of sp³-hybridized carbons (Fsp3) is 0.333. The summed E-state index contributed by atoms with van der Waals surface area (Å²) in [7, 11) is -3.19. The quantitative estimate of drug-likeness (QED) is 0.703. The van der Waals surface area contributed by atoms with Crippen molar-refractivity contribution in [3.63, 3.8) is 0 Å². The van der Waals surface area contributed by atoms with Crippen LogP contribution in [0.1, 0.15) is 5.56 Å². The summed E-state index contributed by atoms with van der Waals surface area (Å²) in [5.74, 6) is 1.14. The predicted molar refractivity (Wildman–Crippen MR) is 50.4 cm³/mol. The molecule has 0 fully saturated rings. The second-order valence-corrected chi connectivity index (χ2v) is 5.18. The van der Waals surface area contributed by atoms with Gasteiger partial charge in [0, 0.05) is 11.8 Å². The molecule has 2 rings (SSSR count). The van der Waals surface area contributed by atoms with E-state index in [1.807, 2.05) is 0 Å². The first kappa shape index (κ1) is 9.33. The van der Waals surface area contributed by atoms with Crippen LogP contribution in [0, 0.1) is 6.92 Å². The van der Waals surface area contributed by atoms with Crippen LogP contribution in [0.3, 0.4) is 0 Å². The third kappa shape index (κ3) is 1.33. The first-order chi connectivity index (χ1) is 6.50. The van der Waals surface area contributed by atoms with Crippen LogP contribution in [0.4, 0.5) is 0 Å². The van der Waals surface area contributed by atoms with E-state index in [9.17, 15) is 8.42 Å². The van der Waals surface area contributed by atoms with E-state index in [1.165, 1.54) is 12.3 Å². The van der Waals surface area contributed by atoms with Gasteiger partial charge in [-0.05, 0) is 19.1 Å². The lowest BCUT2D eigenvalue weighted by Crippen LogP contribution is -2.00. The van der Waals surface area contributed by atoms with Gasteiger partial charge in [-0.1, -0.05) is 0 Å². The number of fused-ring (bicyclic) bond motifs is 1. The first-order valence-electron chi connectivity index (χ1n) is 4.09. The first-order valence-corrected chi connectivity index (χ1v) is 5.98. The van der Waals surface area contributed by atoms with Crippen LogP contribution in [0.5, 0.6) is 11.5 Å². The minimum atomic E-state index is -3.19. The number of ether oxygens (including phenoxy) is 2. The Morgan fingerprint density at radius 3 is 2.64 bits per heavy atom. The van der Waals surface area contributed by atoms with E-state index in [1.54, 1.807) is 13.0 Å². The van der Waals surface area contributed by atoms with Crippen molar-refractivity contribution in [3.8, 4) is 11.5 Å². The van der Waals surface area contributed by atoms with Gasteiger partial charge >= 0.3 is 0 Å². The Hall–Kier alpha value is -1.23. The molecule has 5 heteroatoms. The Bertz CT molecular complexity index is 476. The number of hydrogen-bond donors (Lipinski definition) is 0. The molecule has 0 spiro atoms. The van der Waals surface area contributed by atoms with E-state index in [2.05, 4.69) is 0 Å². The maximum absolute atomic E-state index is 11.4. The van der Waals surface area contributed by atoms with Gasteiger partial charge in [-0.2, -0.15) is 0 Å². The summed E-state index contributed by atoms with van der Waals surface area (Å²) in [6, 6.07) is 3.16. The van der Waals surface area contributed by atoms with E-state index >= 15 is 0 Å². The molecule has 1 heterocycles. The molecule has 1 aromatic rings. The zero-order valence-corrected chi connectivity index (χ0v) is 8.72. The van der Waals surface area contributed by atoms with Crippen LogP contribution in [-0.2, 0) is 9.84 Å². The number of hydrogen-bond acceptors (Lipinski definition) is 4. The van der Waals surface area contributed by atoms with Gasteiger partial charge in [-0.25, -0.2) is 8.42 Å². The molecule has 0 N–H and O–H groups in total. The van der Waals surface area contributed by atoms with Gasteiger partial charge in [0.1, 0.15) is 0 Å². The lowest BCUT2D eigenvalue weighted by Gasteiger charge is -2.05. The highest BCUT2D eigenvalue weighted by Gasteiger charge is 2.21. The maximum atomic E-state index is 11.4. The molecule has 0 aromatic heterocycles. The second-order valence-electron chi connectivity index (χ2n) is 3.19. The fourth-order valence-corrected chi connectivity index (χ4v) is 2.46. The van der Waals surface area contributed by atoms with Crippen molar-refractivity contribution in [1.82, 2.24) is 0 Å². The summed E-state index contributed by atoms with van der Waals surface area (Å²) >= 11 is 0. The van der Waals surface area contributed by atoms with Gasteiger partial charge in [-0.15, -0.1) is 0 Å². The molecule has 0 saturated carbocycles. The number of sulfone groups is 1. The van der Waals surface area contributed by atoms with Crippen molar-refractivity contribution in [2.45, 2.75) is 11.8 Å². The molecule has 4 nitrogen and oxygen atoms in total. The summed E-state index contributed by atoms with van der Waals surface area (Å²) in [5.41, 5.74) is 0.613.